The third kappa shape index (κ3) is 2.70. The molecule has 0 amide bonds. The molecule has 0 atom stereocenters. The maximum absolute atomic E-state index is 6.09. The van der Waals surface area contributed by atoms with E-state index in [2.05, 4.69) is 52.6 Å². The second-order valence-electron chi connectivity index (χ2n) is 6.71. The molecule has 1 fully saturated rings. The summed E-state index contributed by atoms with van der Waals surface area (Å²) in [5, 5.41) is 0. The maximum atomic E-state index is 6.09. The van der Waals surface area contributed by atoms with Crippen LogP contribution in [0.3, 0.4) is 0 Å². The van der Waals surface area contributed by atoms with Crippen molar-refractivity contribution in [2.75, 3.05) is 0 Å². The summed E-state index contributed by atoms with van der Waals surface area (Å²) in [6.45, 7) is 14.6. The van der Waals surface area contributed by atoms with Gasteiger partial charge in [-0.25, -0.2) is 0 Å². The number of hydrogen-bond donors (Lipinski definition) is 0. The van der Waals surface area contributed by atoms with Crippen molar-refractivity contribution in [1.29, 1.82) is 0 Å². The van der Waals surface area contributed by atoms with Gasteiger partial charge in [0.1, 0.15) is 0 Å². The van der Waals surface area contributed by atoms with E-state index in [1.54, 1.807) is 0 Å². The minimum absolute atomic E-state index is 0.299. The van der Waals surface area contributed by atoms with Crippen LogP contribution in [0.4, 0.5) is 0 Å². The molecule has 1 aliphatic rings. The lowest BCUT2D eigenvalue weighted by Gasteiger charge is -2.32. The molecule has 0 unspecified atom stereocenters. The molecule has 2 heterocycles. The molecule has 0 aromatic carbocycles. The van der Waals surface area contributed by atoms with Crippen molar-refractivity contribution in [1.82, 2.24) is 4.98 Å². The Hall–Kier alpha value is -0.865. The van der Waals surface area contributed by atoms with E-state index in [1.807, 2.05) is 13.0 Å². The largest absolute Gasteiger partial charge is 0.494 e. The van der Waals surface area contributed by atoms with E-state index in [9.17, 15) is 0 Å². The highest BCUT2D eigenvalue weighted by atomic mass is 16.7. The van der Waals surface area contributed by atoms with Crippen LogP contribution in [0.15, 0.2) is 12.1 Å². The van der Waals surface area contributed by atoms with Crippen LogP contribution in [-0.4, -0.2) is 23.3 Å². The summed E-state index contributed by atoms with van der Waals surface area (Å²) in [4.78, 5) is 4.57. The van der Waals surface area contributed by atoms with Gasteiger partial charge in [0.05, 0.1) is 11.2 Å². The SMILES string of the molecule is Cc1cc(B2OC(C)(C)C(C)(C)O2)cc(C(C)C)n1. The van der Waals surface area contributed by atoms with Crippen LogP contribution in [0.1, 0.15) is 58.8 Å². The lowest BCUT2D eigenvalue weighted by molar-refractivity contribution is 0.00578. The Balaban J connectivity index is 2.34. The van der Waals surface area contributed by atoms with Gasteiger partial charge in [0, 0.05) is 11.4 Å². The molecule has 1 aromatic rings. The summed E-state index contributed by atoms with van der Waals surface area (Å²) in [5.41, 5.74) is 2.56. The van der Waals surface area contributed by atoms with Gasteiger partial charge in [0.2, 0.25) is 0 Å². The molecule has 104 valence electrons. The highest BCUT2D eigenvalue weighted by Gasteiger charge is 2.51. The fourth-order valence-electron chi connectivity index (χ4n) is 2.13. The van der Waals surface area contributed by atoms with Gasteiger partial charge in [0.15, 0.2) is 0 Å². The summed E-state index contributed by atoms with van der Waals surface area (Å²) in [5.74, 6) is 0.404. The van der Waals surface area contributed by atoms with E-state index in [4.69, 9.17) is 9.31 Å². The van der Waals surface area contributed by atoms with E-state index in [-0.39, 0.29) is 18.3 Å². The van der Waals surface area contributed by atoms with Crippen molar-refractivity contribution in [2.45, 2.75) is 65.6 Å². The van der Waals surface area contributed by atoms with Crippen LogP contribution in [0.2, 0.25) is 0 Å². The monoisotopic (exact) mass is 261 g/mol. The van der Waals surface area contributed by atoms with Crippen LogP contribution in [0.25, 0.3) is 0 Å². The van der Waals surface area contributed by atoms with Crippen molar-refractivity contribution in [3.05, 3.63) is 23.5 Å². The molecular weight excluding hydrogens is 237 g/mol. The Morgan fingerprint density at radius 3 is 2.05 bits per heavy atom. The van der Waals surface area contributed by atoms with Gasteiger partial charge in [-0.3, -0.25) is 4.98 Å². The Morgan fingerprint density at radius 1 is 1.05 bits per heavy atom. The average Bonchev–Trinajstić information content (AvgIpc) is 2.47. The molecule has 0 bridgehead atoms. The summed E-state index contributed by atoms with van der Waals surface area (Å²) >= 11 is 0. The quantitative estimate of drug-likeness (QED) is 0.767. The van der Waals surface area contributed by atoms with Gasteiger partial charge in [-0.2, -0.15) is 0 Å². The number of hydrogen-bond acceptors (Lipinski definition) is 3. The van der Waals surface area contributed by atoms with Crippen LogP contribution in [0, 0.1) is 6.92 Å². The smallest absolute Gasteiger partial charge is 0.399 e. The number of pyridine rings is 1. The molecule has 1 aliphatic heterocycles. The topological polar surface area (TPSA) is 31.4 Å². The Labute approximate surface area is 116 Å². The maximum Gasteiger partial charge on any atom is 0.494 e. The molecule has 19 heavy (non-hydrogen) atoms. The van der Waals surface area contributed by atoms with E-state index in [0.29, 0.717) is 5.92 Å². The molecule has 2 rings (SSSR count). The molecule has 0 radical (unpaired) electrons. The van der Waals surface area contributed by atoms with E-state index in [0.717, 1.165) is 16.9 Å². The predicted octanol–water partition coefficient (Wildman–Crippen LogP) is 2.81. The van der Waals surface area contributed by atoms with Gasteiger partial charge in [0.25, 0.3) is 0 Å². The Morgan fingerprint density at radius 2 is 1.58 bits per heavy atom. The van der Waals surface area contributed by atoms with Crippen molar-refractivity contribution in [2.24, 2.45) is 0 Å². The first kappa shape index (κ1) is 14.5. The highest BCUT2D eigenvalue weighted by molar-refractivity contribution is 6.62. The zero-order valence-corrected chi connectivity index (χ0v) is 13.1. The van der Waals surface area contributed by atoms with Crippen LogP contribution >= 0.6 is 0 Å². The zero-order chi connectivity index (χ0) is 14.4. The fraction of sp³-hybridized carbons (Fsp3) is 0.667. The van der Waals surface area contributed by atoms with Crippen LogP contribution in [0.5, 0.6) is 0 Å². The van der Waals surface area contributed by atoms with E-state index in [1.165, 1.54) is 0 Å². The summed E-state index contributed by atoms with van der Waals surface area (Å²) in [7, 11) is -0.302. The minimum atomic E-state index is -0.302. The molecule has 3 nitrogen and oxygen atoms in total. The molecular formula is C15H24BNO2. The zero-order valence-electron chi connectivity index (χ0n) is 13.1. The second kappa shape index (κ2) is 4.60. The lowest BCUT2D eigenvalue weighted by atomic mass is 9.78. The third-order valence-corrected chi connectivity index (χ3v) is 4.11. The van der Waals surface area contributed by atoms with Crippen LogP contribution < -0.4 is 5.46 Å². The Bertz CT molecular complexity index is 467. The number of nitrogens with zero attached hydrogens (tertiary/aromatic N) is 1. The molecule has 1 aromatic heterocycles. The van der Waals surface area contributed by atoms with Gasteiger partial charge in [-0.1, -0.05) is 13.8 Å². The predicted molar refractivity (Wildman–Crippen MR) is 78.8 cm³/mol. The number of rotatable bonds is 2. The van der Waals surface area contributed by atoms with Crippen molar-refractivity contribution < 1.29 is 9.31 Å². The first-order valence-electron chi connectivity index (χ1n) is 6.96. The third-order valence-electron chi connectivity index (χ3n) is 4.11. The van der Waals surface area contributed by atoms with Gasteiger partial charge in [-0.05, 0) is 58.1 Å². The van der Waals surface area contributed by atoms with Gasteiger partial charge >= 0.3 is 7.12 Å². The molecule has 1 saturated heterocycles. The van der Waals surface area contributed by atoms with E-state index >= 15 is 0 Å². The number of aromatic nitrogens is 1. The standard InChI is InChI=1S/C15H24BNO2/c1-10(2)13-9-12(8-11(3)17-13)16-18-14(4,5)15(6,7)19-16/h8-10H,1-7H3. The Kier molecular flexibility index (Phi) is 3.52. The molecule has 0 spiro atoms. The highest BCUT2D eigenvalue weighted by Crippen LogP contribution is 2.36. The fourth-order valence-corrected chi connectivity index (χ4v) is 2.13. The van der Waals surface area contributed by atoms with Gasteiger partial charge in [-0.15, -0.1) is 0 Å². The molecule has 0 N–H and O–H groups in total. The molecule has 0 saturated carbocycles. The van der Waals surface area contributed by atoms with E-state index < -0.39 is 0 Å². The number of aryl methyl sites for hydroxylation is 1. The second-order valence-corrected chi connectivity index (χ2v) is 6.71. The van der Waals surface area contributed by atoms with Crippen LogP contribution in [-0.2, 0) is 9.31 Å². The van der Waals surface area contributed by atoms with Gasteiger partial charge < -0.3 is 9.31 Å². The van der Waals surface area contributed by atoms with Crippen molar-refractivity contribution in [3.63, 3.8) is 0 Å². The lowest BCUT2D eigenvalue weighted by Crippen LogP contribution is -2.41. The summed E-state index contributed by atoms with van der Waals surface area (Å²) in [6, 6.07) is 4.15. The minimum Gasteiger partial charge on any atom is -0.399 e. The summed E-state index contributed by atoms with van der Waals surface area (Å²) < 4.78 is 12.2. The van der Waals surface area contributed by atoms with Crippen molar-refractivity contribution >= 4 is 12.6 Å². The first-order chi connectivity index (χ1) is 8.62. The first-order valence-corrected chi connectivity index (χ1v) is 6.96. The molecule has 0 aliphatic carbocycles. The van der Waals surface area contributed by atoms with Crippen molar-refractivity contribution in [3.8, 4) is 0 Å². The molecule has 4 heteroatoms. The average molecular weight is 261 g/mol. The normalized spacial score (nSPS) is 21.2. The summed E-state index contributed by atoms with van der Waals surface area (Å²) in [6.07, 6.45) is 0.